The molecule has 1 aromatic carbocycles. The van der Waals surface area contributed by atoms with Crippen molar-refractivity contribution in [3.8, 4) is 5.75 Å². The lowest BCUT2D eigenvalue weighted by Gasteiger charge is -2.31. The second-order valence-corrected chi connectivity index (χ2v) is 8.82. The van der Waals surface area contributed by atoms with Gasteiger partial charge in [-0.15, -0.1) is 0 Å². The zero-order valence-electron chi connectivity index (χ0n) is 20.3. The number of carbonyl (C=O) groups is 4. The number of allylic oxidation sites excluding steroid dienone is 2. The van der Waals surface area contributed by atoms with Crippen LogP contribution in [0.2, 0.25) is 0 Å². The fourth-order valence-corrected chi connectivity index (χ4v) is 4.65. The second kappa shape index (κ2) is 11.8. The summed E-state index contributed by atoms with van der Waals surface area (Å²) in [6, 6.07) is 6.71. The number of hydrogen-bond acceptors (Lipinski definition) is 5. The van der Waals surface area contributed by atoms with Crippen LogP contribution in [0.1, 0.15) is 51.5 Å². The second-order valence-electron chi connectivity index (χ2n) is 8.82. The molecular weight excluding hydrogens is 434 g/mol. The van der Waals surface area contributed by atoms with Crippen molar-refractivity contribution in [1.29, 1.82) is 0 Å². The van der Waals surface area contributed by atoms with Crippen molar-refractivity contribution < 1.29 is 23.9 Å². The van der Waals surface area contributed by atoms with Gasteiger partial charge in [-0.3, -0.25) is 24.1 Å². The zero-order chi connectivity index (χ0) is 24.7. The summed E-state index contributed by atoms with van der Waals surface area (Å²) in [5.41, 5.74) is 0.862. The standard InChI is InChI=1S/C26H35N3O5/c1-4-15-27-24(31)22(5-2)29(17-18-10-12-19(34-3)13-11-18)23(30)14-16-28-25(32)20-8-6-7-9-21(20)26(28)33/h6-7,10-13,20-22H,4-5,8-9,14-17H2,1-3H3,(H,27,31)/t20-,21+,22-/m1/s1. The smallest absolute Gasteiger partial charge is 0.242 e. The first-order chi connectivity index (χ1) is 16.4. The molecule has 184 valence electrons. The summed E-state index contributed by atoms with van der Waals surface area (Å²) < 4.78 is 5.21. The van der Waals surface area contributed by atoms with Gasteiger partial charge in [0.1, 0.15) is 11.8 Å². The van der Waals surface area contributed by atoms with Gasteiger partial charge in [0.2, 0.25) is 23.6 Å². The summed E-state index contributed by atoms with van der Waals surface area (Å²) in [6.07, 6.45) is 6.26. The fourth-order valence-electron chi connectivity index (χ4n) is 4.65. The van der Waals surface area contributed by atoms with Crippen LogP contribution >= 0.6 is 0 Å². The number of hydrogen-bond donors (Lipinski definition) is 1. The molecule has 3 atom stereocenters. The third-order valence-electron chi connectivity index (χ3n) is 6.60. The number of carbonyl (C=O) groups excluding carboxylic acids is 4. The van der Waals surface area contributed by atoms with Crippen molar-refractivity contribution in [1.82, 2.24) is 15.1 Å². The predicted molar refractivity (Wildman–Crippen MR) is 128 cm³/mol. The molecule has 34 heavy (non-hydrogen) atoms. The average Bonchev–Trinajstić information content (AvgIpc) is 3.10. The maximum absolute atomic E-state index is 13.4. The van der Waals surface area contributed by atoms with Crippen LogP contribution < -0.4 is 10.1 Å². The van der Waals surface area contributed by atoms with E-state index >= 15 is 0 Å². The molecule has 0 aromatic heterocycles. The topological polar surface area (TPSA) is 96.0 Å². The first-order valence-corrected chi connectivity index (χ1v) is 12.1. The quantitative estimate of drug-likeness (QED) is 0.397. The van der Waals surface area contributed by atoms with Crippen LogP contribution in [-0.2, 0) is 25.7 Å². The highest BCUT2D eigenvalue weighted by atomic mass is 16.5. The Morgan fingerprint density at radius 2 is 1.71 bits per heavy atom. The summed E-state index contributed by atoms with van der Waals surface area (Å²) in [5.74, 6) is -0.767. The molecule has 1 heterocycles. The van der Waals surface area contributed by atoms with Crippen molar-refractivity contribution in [3.05, 3.63) is 42.0 Å². The molecule has 1 N–H and O–H groups in total. The van der Waals surface area contributed by atoms with E-state index in [1.165, 1.54) is 4.90 Å². The Kier molecular flexibility index (Phi) is 8.85. The van der Waals surface area contributed by atoms with E-state index in [0.29, 0.717) is 31.6 Å². The van der Waals surface area contributed by atoms with E-state index in [4.69, 9.17) is 4.74 Å². The van der Waals surface area contributed by atoms with Gasteiger partial charge < -0.3 is 15.0 Å². The molecule has 0 spiro atoms. The minimum Gasteiger partial charge on any atom is -0.497 e. The third kappa shape index (κ3) is 5.66. The van der Waals surface area contributed by atoms with Gasteiger partial charge in [-0.1, -0.05) is 38.1 Å². The normalized spacial score (nSPS) is 20.1. The van der Waals surface area contributed by atoms with Gasteiger partial charge in [-0.05, 0) is 43.4 Å². The number of likely N-dealkylation sites (tertiary alicyclic amines) is 1. The van der Waals surface area contributed by atoms with E-state index in [-0.39, 0.29) is 55.0 Å². The van der Waals surface area contributed by atoms with Crippen LogP contribution in [0.25, 0.3) is 0 Å². The minimum atomic E-state index is -0.641. The van der Waals surface area contributed by atoms with Crippen LogP contribution in [0.3, 0.4) is 0 Å². The molecule has 4 amide bonds. The minimum absolute atomic E-state index is 0.0158. The molecule has 1 fully saturated rings. The lowest BCUT2D eigenvalue weighted by atomic mass is 9.85. The molecule has 0 radical (unpaired) electrons. The van der Waals surface area contributed by atoms with E-state index in [9.17, 15) is 19.2 Å². The highest BCUT2D eigenvalue weighted by Crippen LogP contribution is 2.35. The first-order valence-electron chi connectivity index (χ1n) is 12.1. The van der Waals surface area contributed by atoms with E-state index in [2.05, 4.69) is 5.32 Å². The molecule has 8 nitrogen and oxygen atoms in total. The monoisotopic (exact) mass is 469 g/mol. The largest absolute Gasteiger partial charge is 0.497 e. The summed E-state index contributed by atoms with van der Waals surface area (Å²) >= 11 is 0. The van der Waals surface area contributed by atoms with Crippen LogP contribution in [0.4, 0.5) is 0 Å². The number of rotatable bonds is 11. The van der Waals surface area contributed by atoms with Crippen molar-refractivity contribution in [2.75, 3.05) is 20.2 Å². The number of amides is 4. The summed E-state index contributed by atoms with van der Waals surface area (Å²) in [7, 11) is 1.59. The molecule has 1 aromatic rings. The third-order valence-corrected chi connectivity index (χ3v) is 6.60. The van der Waals surface area contributed by atoms with Gasteiger partial charge in [0.15, 0.2) is 0 Å². The molecule has 3 rings (SSSR count). The van der Waals surface area contributed by atoms with Gasteiger partial charge in [0, 0.05) is 26.1 Å². The van der Waals surface area contributed by atoms with Crippen molar-refractivity contribution in [2.24, 2.45) is 11.8 Å². The lowest BCUT2D eigenvalue weighted by Crippen LogP contribution is -2.49. The van der Waals surface area contributed by atoms with Gasteiger partial charge in [-0.25, -0.2) is 0 Å². The Morgan fingerprint density at radius 1 is 1.09 bits per heavy atom. The number of ether oxygens (including phenoxy) is 1. The molecule has 0 saturated carbocycles. The predicted octanol–water partition coefficient (Wildman–Crippen LogP) is 2.67. The summed E-state index contributed by atoms with van der Waals surface area (Å²) in [6.45, 7) is 4.66. The van der Waals surface area contributed by atoms with E-state index in [1.807, 2.05) is 50.3 Å². The maximum atomic E-state index is 13.4. The summed E-state index contributed by atoms with van der Waals surface area (Å²) in [4.78, 5) is 54.6. The van der Waals surface area contributed by atoms with E-state index in [1.54, 1.807) is 12.0 Å². The Morgan fingerprint density at radius 3 is 2.24 bits per heavy atom. The highest BCUT2D eigenvalue weighted by molar-refractivity contribution is 6.05. The van der Waals surface area contributed by atoms with Gasteiger partial charge in [0.25, 0.3) is 0 Å². The Balaban J connectivity index is 1.74. The molecule has 1 aliphatic heterocycles. The van der Waals surface area contributed by atoms with Crippen LogP contribution in [0.5, 0.6) is 5.75 Å². The van der Waals surface area contributed by atoms with E-state index in [0.717, 1.165) is 12.0 Å². The average molecular weight is 470 g/mol. The molecule has 2 aliphatic rings. The Bertz CT molecular complexity index is 901. The lowest BCUT2D eigenvalue weighted by molar-refractivity contribution is -0.144. The van der Waals surface area contributed by atoms with Crippen molar-refractivity contribution in [2.45, 2.75) is 58.5 Å². The van der Waals surface area contributed by atoms with E-state index < -0.39 is 6.04 Å². The van der Waals surface area contributed by atoms with Crippen molar-refractivity contribution in [3.63, 3.8) is 0 Å². The fraction of sp³-hybridized carbons (Fsp3) is 0.538. The number of imide groups is 1. The number of nitrogens with one attached hydrogen (secondary N) is 1. The molecule has 0 bridgehead atoms. The van der Waals surface area contributed by atoms with Crippen LogP contribution in [0.15, 0.2) is 36.4 Å². The zero-order valence-corrected chi connectivity index (χ0v) is 20.3. The molecule has 1 aliphatic carbocycles. The number of benzene rings is 1. The SMILES string of the molecule is CCCNC(=O)[C@@H](CC)N(Cc1ccc(OC)cc1)C(=O)CCN1C(=O)[C@H]2CC=CC[C@H]2C1=O. The highest BCUT2D eigenvalue weighted by Gasteiger charge is 2.47. The molecule has 1 saturated heterocycles. The summed E-state index contributed by atoms with van der Waals surface area (Å²) in [5, 5.41) is 2.89. The number of fused-ring (bicyclic) bond motifs is 1. The van der Waals surface area contributed by atoms with Crippen LogP contribution in [-0.4, -0.2) is 59.7 Å². The van der Waals surface area contributed by atoms with Gasteiger partial charge >= 0.3 is 0 Å². The van der Waals surface area contributed by atoms with Gasteiger partial charge in [-0.2, -0.15) is 0 Å². The molecule has 8 heteroatoms. The first kappa shape index (κ1) is 25.5. The maximum Gasteiger partial charge on any atom is 0.242 e. The van der Waals surface area contributed by atoms with Crippen LogP contribution in [0, 0.1) is 11.8 Å². The molecular formula is C26H35N3O5. The number of nitrogens with zero attached hydrogens (tertiary/aromatic N) is 2. The van der Waals surface area contributed by atoms with Gasteiger partial charge in [0.05, 0.1) is 18.9 Å². The Hall–Kier alpha value is -3.16. The Labute approximate surface area is 201 Å². The number of methoxy groups -OCH3 is 1. The van der Waals surface area contributed by atoms with Crippen molar-refractivity contribution >= 4 is 23.6 Å². The molecule has 0 unspecified atom stereocenters.